The Morgan fingerprint density at radius 3 is 2.80 bits per heavy atom. The Balaban J connectivity index is 1.95. The first-order chi connectivity index (χ1) is 9.63. The average molecular weight is 278 g/mol. The molecule has 4 N–H and O–H groups in total. The fraction of sp³-hybridized carbons (Fsp3) is 0.533. The summed E-state index contributed by atoms with van der Waals surface area (Å²) in [6, 6.07) is 7.27. The number of amides is 1. The van der Waals surface area contributed by atoms with E-state index < -0.39 is 5.91 Å². The van der Waals surface area contributed by atoms with Crippen LogP contribution in [0.4, 0.5) is 0 Å². The minimum atomic E-state index is -0.402. The van der Waals surface area contributed by atoms with Gasteiger partial charge >= 0.3 is 0 Å². The largest absolute Gasteiger partial charge is 0.395 e. The van der Waals surface area contributed by atoms with Gasteiger partial charge in [-0.3, -0.25) is 9.69 Å². The van der Waals surface area contributed by atoms with Gasteiger partial charge in [-0.2, -0.15) is 0 Å². The van der Waals surface area contributed by atoms with E-state index in [1.54, 1.807) is 6.07 Å². The zero-order chi connectivity index (χ0) is 14.5. The third kappa shape index (κ3) is 3.56. The lowest BCUT2D eigenvalue weighted by Crippen LogP contribution is -2.39. The molecule has 0 unspecified atom stereocenters. The number of benzene rings is 1. The molecule has 0 saturated carbocycles. The number of aliphatic hydroxyl groups is 2. The van der Waals surface area contributed by atoms with Crippen LogP contribution in [0.25, 0.3) is 0 Å². The predicted molar refractivity (Wildman–Crippen MR) is 76.3 cm³/mol. The Bertz CT molecular complexity index is 460. The molecule has 0 spiro atoms. The van der Waals surface area contributed by atoms with Crippen molar-refractivity contribution in [2.24, 2.45) is 11.7 Å². The molecule has 1 fully saturated rings. The Morgan fingerprint density at radius 1 is 1.40 bits per heavy atom. The first-order valence-electron chi connectivity index (χ1n) is 6.98. The Hall–Kier alpha value is -1.43. The fourth-order valence-electron chi connectivity index (χ4n) is 2.83. The van der Waals surface area contributed by atoms with Gasteiger partial charge in [0.05, 0.1) is 19.3 Å². The molecular weight excluding hydrogens is 256 g/mol. The first kappa shape index (κ1) is 15.0. The Labute approximate surface area is 119 Å². The van der Waals surface area contributed by atoms with Gasteiger partial charge < -0.3 is 15.9 Å². The second kappa shape index (κ2) is 6.83. The first-order valence-corrected chi connectivity index (χ1v) is 6.98. The average Bonchev–Trinajstić information content (AvgIpc) is 2.89. The van der Waals surface area contributed by atoms with Crippen LogP contribution in [-0.2, 0) is 6.42 Å². The number of carbonyl (C=O) groups excluding carboxylic acids is 1. The molecule has 110 valence electrons. The third-order valence-electron chi connectivity index (χ3n) is 3.99. The van der Waals surface area contributed by atoms with Crippen molar-refractivity contribution in [3.63, 3.8) is 0 Å². The van der Waals surface area contributed by atoms with Crippen LogP contribution in [0.15, 0.2) is 24.3 Å². The van der Waals surface area contributed by atoms with Crippen molar-refractivity contribution in [1.82, 2.24) is 4.90 Å². The van der Waals surface area contributed by atoms with Gasteiger partial charge in [0.2, 0.25) is 5.91 Å². The number of aliphatic hydroxyl groups excluding tert-OH is 2. The van der Waals surface area contributed by atoms with E-state index in [1.807, 2.05) is 18.2 Å². The molecule has 20 heavy (non-hydrogen) atoms. The molecule has 1 aliphatic rings. The van der Waals surface area contributed by atoms with Gasteiger partial charge in [0.15, 0.2) is 0 Å². The van der Waals surface area contributed by atoms with Crippen LogP contribution in [0.3, 0.4) is 0 Å². The highest BCUT2D eigenvalue weighted by atomic mass is 16.3. The monoisotopic (exact) mass is 278 g/mol. The molecule has 1 amide bonds. The topological polar surface area (TPSA) is 86.8 Å². The van der Waals surface area contributed by atoms with Crippen LogP contribution in [0.5, 0.6) is 0 Å². The second-order valence-corrected chi connectivity index (χ2v) is 5.44. The summed E-state index contributed by atoms with van der Waals surface area (Å²) in [4.78, 5) is 13.3. The summed E-state index contributed by atoms with van der Waals surface area (Å²) < 4.78 is 0. The van der Waals surface area contributed by atoms with Crippen molar-refractivity contribution in [3.8, 4) is 0 Å². The molecule has 0 bridgehead atoms. The smallest absolute Gasteiger partial charge is 0.248 e. The number of carbonyl (C=O) groups is 1. The van der Waals surface area contributed by atoms with Crippen LogP contribution in [-0.4, -0.2) is 53.4 Å². The standard InChI is InChI=1S/C15H22N2O3/c16-15(20)13-3-1-2-11(7-13)6-12-4-5-17(8-12)14(9-18)10-19/h1-3,7,12,14,18-19H,4-6,8-10H2,(H2,16,20)/t12-/m1/s1. The van der Waals surface area contributed by atoms with Gasteiger partial charge in [0.1, 0.15) is 0 Å². The van der Waals surface area contributed by atoms with Crippen molar-refractivity contribution in [2.45, 2.75) is 18.9 Å². The van der Waals surface area contributed by atoms with Crippen LogP contribution >= 0.6 is 0 Å². The fourth-order valence-corrected chi connectivity index (χ4v) is 2.83. The molecule has 1 aromatic rings. The maximum Gasteiger partial charge on any atom is 0.248 e. The van der Waals surface area contributed by atoms with Gasteiger partial charge in [-0.15, -0.1) is 0 Å². The van der Waals surface area contributed by atoms with Crippen molar-refractivity contribution in [2.75, 3.05) is 26.3 Å². The van der Waals surface area contributed by atoms with E-state index in [2.05, 4.69) is 4.90 Å². The van der Waals surface area contributed by atoms with Gasteiger partial charge in [0.25, 0.3) is 0 Å². The molecule has 1 aliphatic heterocycles. The molecule has 2 rings (SSSR count). The van der Waals surface area contributed by atoms with Crippen molar-refractivity contribution < 1.29 is 15.0 Å². The number of rotatable bonds is 6. The highest BCUT2D eigenvalue weighted by Crippen LogP contribution is 2.22. The zero-order valence-electron chi connectivity index (χ0n) is 11.5. The molecule has 0 radical (unpaired) electrons. The minimum absolute atomic E-state index is 0.0135. The van der Waals surface area contributed by atoms with Crippen LogP contribution in [0.1, 0.15) is 22.3 Å². The number of primary amides is 1. The summed E-state index contributed by atoms with van der Waals surface area (Å²) in [7, 11) is 0. The van der Waals surface area contributed by atoms with E-state index >= 15 is 0 Å². The summed E-state index contributed by atoms with van der Waals surface area (Å²) in [5.74, 6) is 0.0826. The maximum absolute atomic E-state index is 11.2. The molecule has 5 heteroatoms. The van der Waals surface area contributed by atoms with Crippen LogP contribution in [0.2, 0.25) is 0 Å². The molecule has 1 aromatic carbocycles. The predicted octanol–water partition coefficient (Wildman–Crippen LogP) is 0.00310. The molecule has 1 saturated heterocycles. The number of nitrogens with zero attached hydrogens (tertiary/aromatic N) is 1. The second-order valence-electron chi connectivity index (χ2n) is 5.44. The van der Waals surface area contributed by atoms with E-state index in [1.165, 1.54) is 0 Å². The third-order valence-corrected chi connectivity index (χ3v) is 3.99. The van der Waals surface area contributed by atoms with Gasteiger partial charge in [0, 0.05) is 12.1 Å². The maximum atomic E-state index is 11.2. The van der Waals surface area contributed by atoms with E-state index in [9.17, 15) is 15.0 Å². The molecule has 0 aliphatic carbocycles. The molecular formula is C15H22N2O3. The normalized spacial score (nSPS) is 19.6. The van der Waals surface area contributed by atoms with Gasteiger partial charge in [-0.25, -0.2) is 0 Å². The molecule has 1 atom stereocenters. The lowest BCUT2D eigenvalue weighted by atomic mass is 9.97. The van der Waals surface area contributed by atoms with Crippen molar-refractivity contribution >= 4 is 5.91 Å². The van der Waals surface area contributed by atoms with Crippen molar-refractivity contribution in [1.29, 1.82) is 0 Å². The van der Waals surface area contributed by atoms with Crippen LogP contribution < -0.4 is 5.73 Å². The summed E-state index contributed by atoms with van der Waals surface area (Å²) in [6.45, 7) is 1.74. The van der Waals surface area contributed by atoms with E-state index in [-0.39, 0.29) is 19.3 Å². The summed E-state index contributed by atoms with van der Waals surface area (Å²) in [5, 5.41) is 18.4. The number of hydrogen-bond donors (Lipinski definition) is 3. The molecule has 0 aromatic heterocycles. The van der Waals surface area contributed by atoms with Gasteiger partial charge in [-0.1, -0.05) is 12.1 Å². The van der Waals surface area contributed by atoms with E-state index in [4.69, 9.17) is 5.73 Å². The zero-order valence-corrected chi connectivity index (χ0v) is 11.5. The molecule has 5 nitrogen and oxygen atoms in total. The summed E-state index contributed by atoms with van der Waals surface area (Å²) in [6.07, 6.45) is 1.93. The van der Waals surface area contributed by atoms with E-state index in [0.717, 1.165) is 31.5 Å². The quantitative estimate of drug-likeness (QED) is 0.684. The Kier molecular flexibility index (Phi) is 5.11. The van der Waals surface area contributed by atoms with Gasteiger partial charge in [-0.05, 0) is 43.0 Å². The lowest BCUT2D eigenvalue weighted by Gasteiger charge is -2.24. The SMILES string of the molecule is NC(=O)c1cccc(C[C@H]2CCN(C(CO)CO)C2)c1. The van der Waals surface area contributed by atoms with Crippen molar-refractivity contribution in [3.05, 3.63) is 35.4 Å². The number of likely N-dealkylation sites (tertiary alicyclic amines) is 1. The highest BCUT2D eigenvalue weighted by molar-refractivity contribution is 5.92. The van der Waals surface area contributed by atoms with E-state index in [0.29, 0.717) is 11.5 Å². The molecule has 1 heterocycles. The number of nitrogens with two attached hydrogens (primary N) is 1. The summed E-state index contributed by atoms with van der Waals surface area (Å²) in [5.41, 5.74) is 6.94. The number of hydrogen-bond acceptors (Lipinski definition) is 4. The Morgan fingerprint density at radius 2 is 2.15 bits per heavy atom. The lowest BCUT2D eigenvalue weighted by molar-refractivity contribution is 0.0880. The highest BCUT2D eigenvalue weighted by Gasteiger charge is 2.27. The minimum Gasteiger partial charge on any atom is -0.395 e. The van der Waals surface area contributed by atoms with Crippen LogP contribution in [0, 0.1) is 5.92 Å². The summed E-state index contributed by atoms with van der Waals surface area (Å²) >= 11 is 0.